The Morgan fingerprint density at radius 3 is 2.46 bits per heavy atom. The molecule has 1 saturated heterocycles. The number of nitrogens with one attached hydrogen (secondary N) is 2. The Bertz CT molecular complexity index is 1070. The molecule has 0 spiro atoms. The van der Waals surface area contributed by atoms with Crippen molar-refractivity contribution in [2.24, 2.45) is 0 Å². The molecule has 0 unspecified atom stereocenters. The van der Waals surface area contributed by atoms with Crippen LogP contribution in [0.4, 0.5) is 21.8 Å². The van der Waals surface area contributed by atoms with Gasteiger partial charge in [0.05, 0.1) is 18.5 Å². The molecule has 1 aliphatic carbocycles. The van der Waals surface area contributed by atoms with E-state index in [1.165, 1.54) is 19.2 Å². The molecule has 0 bridgehead atoms. The van der Waals surface area contributed by atoms with E-state index in [2.05, 4.69) is 15.6 Å². The van der Waals surface area contributed by atoms with Gasteiger partial charge in [-0.2, -0.15) is 4.98 Å². The summed E-state index contributed by atoms with van der Waals surface area (Å²) in [6.45, 7) is 1.07. The predicted molar refractivity (Wildman–Crippen MR) is 133 cm³/mol. The summed E-state index contributed by atoms with van der Waals surface area (Å²) in [6, 6.07) is 6.19. The van der Waals surface area contributed by atoms with Gasteiger partial charge >= 0.3 is 0 Å². The molecule has 2 heterocycles. The molecule has 2 fully saturated rings. The van der Waals surface area contributed by atoms with E-state index in [4.69, 9.17) is 9.72 Å². The maximum atomic E-state index is 13.3. The molecular formula is C24H34FN5O4S. The zero-order chi connectivity index (χ0) is 24.8. The van der Waals surface area contributed by atoms with Gasteiger partial charge in [-0.15, -0.1) is 0 Å². The summed E-state index contributed by atoms with van der Waals surface area (Å²) in [5, 5.41) is 16.6. The molecule has 11 heteroatoms. The van der Waals surface area contributed by atoms with Crippen molar-refractivity contribution in [3.8, 4) is 0 Å². The molecular weight excluding hydrogens is 473 g/mol. The summed E-state index contributed by atoms with van der Waals surface area (Å²) in [5.74, 6) is 0.927. The third kappa shape index (κ3) is 6.87. The number of sulfonamides is 1. The first-order valence-corrected chi connectivity index (χ1v) is 13.8. The first-order valence-electron chi connectivity index (χ1n) is 12.1. The minimum Gasteiger partial charge on any atom is -0.393 e. The third-order valence-corrected chi connectivity index (χ3v) is 8.62. The standard InChI is InChI=1S/C24H34FN5O4S/c1-34-14-15-35(32,33)30-12-10-17(11-13-30)22-16-26-24(28-20-4-2-18(25)3-5-20)29-23(22)27-19-6-8-21(31)9-7-19/h2-5,16-17,19,21,31H,6-15H2,1H3,(H2,26,27,28,29). The van der Waals surface area contributed by atoms with Crippen LogP contribution in [-0.2, 0) is 14.8 Å². The number of aliphatic hydroxyl groups excluding tert-OH is 1. The quantitative estimate of drug-likeness (QED) is 0.474. The molecule has 0 amide bonds. The number of rotatable bonds is 9. The van der Waals surface area contributed by atoms with Crippen LogP contribution in [-0.4, -0.2) is 72.5 Å². The van der Waals surface area contributed by atoms with Crippen molar-refractivity contribution >= 4 is 27.5 Å². The second-order valence-electron chi connectivity index (χ2n) is 9.26. The number of hydrogen-bond donors (Lipinski definition) is 3. The van der Waals surface area contributed by atoms with Crippen LogP contribution in [0.2, 0.25) is 0 Å². The van der Waals surface area contributed by atoms with Crippen molar-refractivity contribution in [3.63, 3.8) is 0 Å². The van der Waals surface area contributed by atoms with Gasteiger partial charge in [-0.3, -0.25) is 0 Å². The Balaban J connectivity index is 1.50. The maximum absolute atomic E-state index is 13.3. The average Bonchev–Trinajstić information content (AvgIpc) is 2.86. The molecule has 1 aromatic carbocycles. The van der Waals surface area contributed by atoms with Crippen LogP contribution >= 0.6 is 0 Å². The fourth-order valence-electron chi connectivity index (χ4n) is 4.70. The lowest BCUT2D eigenvalue weighted by Crippen LogP contribution is -2.40. The van der Waals surface area contributed by atoms with Gasteiger partial charge in [-0.05, 0) is 68.7 Å². The monoisotopic (exact) mass is 507 g/mol. The predicted octanol–water partition coefficient (Wildman–Crippen LogP) is 3.23. The molecule has 1 aromatic heterocycles. The fourth-order valence-corrected chi connectivity index (χ4v) is 6.11. The number of aliphatic hydroxyl groups is 1. The zero-order valence-electron chi connectivity index (χ0n) is 20.0. The smallest absolute Gasteiger partial charge is 0.229 e. The summed E-state index contributed by atoms with van der Waals surface area (Å²) >= 11 is 0. The average molecular weight is 508 g/mol. The van der Waals surface area contributed by atoms with Gasteiger partial charge in [0.1, 0.15) is 11.6 Å². The summed E-state index contributed by atoms with van der Waals surface area (Å²) in [4.78, 5) is 9.25. The van der Waals surface area contributed by atoms with Gasteiger partial charge in [0.15, 0.2) is 0 Å². The summed E-state index contributed by atoms with van der Waals surface area (Å²) in [5.41, 5.74) is 1.65. The maximum Gasteiger partial charge on any atom is 0.229 e. The number of aromatic nitrogens is 2. The minimum absolute atomic E-state index is 0.0125. The lowest BCUT2D eigenvalue weighted by molar-refractivity contribution is 0.126. The largest absolute Gasteiger partial charge is 0.393 e. The van der Waals surface area contributed by atoms with E-state index in [9.17, 15) is 17.9 Å². The Kier molecular flexibility index (Phi) is 8.53. The molecule has 9 nitrogen and oxygen atoms in total. The number of ether oxygens (including phenoxy) is 1. The third-order valence-electron chi connectivity index (χ3n) is 6.79. The molecule has 0 radical (unpaired) electrons. The van der Waals surface area contributed by atoms with E-state index in [1.807, 2.05) is 0 Å². The van der Waals surface area contributed by atoms with E-state index in [1.54, 1.807) is 22.6 Å². The van der Waals surface area contributed by atoms with Crippen molar-refractivity contribution in [3.05, 3.63) is 41.8 Å². The van der Waals surface area contributed by atoms with Gasteiger partial charge in [0.2, 0.25) is 16.0 Å². The van der Waals surface area contributed by atoms with Gasteiger partial charge in [0, 0.05) is 43.7 Å². The Morgan fingerprint density at radius 1 is 1.11 bits per heavy atom. The van der Waals surface area contributed by atoms with Gasteiger partial charge in [0.25, 0.3) is 0 Å². The van der Waals surface area contributed by atoms with E-state index < -0.39 is 10.0 Å². The van der Waals surface area contributed by atoms with Gasteiger partial charge in [-0.1, -0.05) is 0 Å². The first-order chi connectivity index (χ1) is 16.8. The van der Waals surface area contributed by atoms with Crippen molar-refractivity contribution in [2.75, 3.05) is 43.2 Å². The summed E-state index contributed by atoms with van der Waals surface area (Å²) in [7, 11) is -1.83. The summed E-state index contributed by atoms with van der Waals surface area (Å²) < 4.78 is 44.8. The number of nitrogens with zero attached hydrogens (tertiary/aromatic N) is 3. The van der Waals surface area contributed by atoms with Crippen molar-refractivity contribution in [1.82, 2.24) is 14.3 Å². The van der Waals surface area contributed by atoms with Crippen LogP contribution in [0.15, 0.2) is 30.5 Å². The molecule has 35 heavy (non-hydrogen) atoms. The van der Waals surface area contributed by atoms with Crippen LogP contribution in [0.25, 0.3) is 0 Å². The SMILES string of the molecule is COCCS(=O)(=O)N1CCC(c2cnc(Nc3ccc(F)cc3)nc2NC2CCC(O)CC2)CC1. The van der Waals surface area contributed by atoms with E-state index in [-0.39, 0.29) is 36.2 Å². The first kappa shape index (κ1) is 25.7. The molecule has 2 aliphatic rings. The van der Waals surface area contributed by atoms with Gasteiger partial charge < -0.3 is 20.5 Å². The number of benzene rings is 1. The molecule has 192 valence electrons. The second-order valence-corrected chi connectivity index (χ2v) is 11.3. The molecule has 1 aliphatic heterocycles. The minimum atomic E-state index is -3.33. The highest BCUT2D eigenvalue weighted by atomic mass is 32.2. The Labute approximate surface area is 206 Å². The lowest BCUT2D eigenvalue weighted by Gasteiger charge is -2.33. The summed E-state index contributed by atoms with van der Waals surface area (Å²) in [6.07, 6.45) is 6.10. The van der Waals surface area contributed by atoms with Crippen LogP contribution in [0.3, 0.4) is 0 Å². The Hall–Kier alpha value is -2.34. The fraction of sp³-hybridized carbons (Fsp3) is 0.583. The highest BCUT2D eigenvalue weighted by Gasteiger charge is 2.31. The number of hydrogen-bond acceptors (Lipinski definition) is 8. The normalized spacial score (nSPS) is 22.1. The van der Waals surface area contributed by atoms with Crippen LogP contribution < -0.4 is 10.6 Å². The number of piperidine rings is 1. The van der Waals surface area contributed by atoms with E-state index >= 15 is 0 Å². The number of anilines is 3. The molecule has 1 saturated carbocycles. The lowest BCUT2D eigenvalue weighted by atomic mass is 9.90. The van der Waals surface area contributed by atoms with Crippen molar-refractivity contribution in [1.29, 1.82) is 0 Å². The number of halogens is 1. The Morgan fingerprint density at radius 2 is 1.80 bits per heavy atom. The van der Waals surface area contributed by atoms with Crippen LogP contribution in [0, 0.1) is 5.82 Å². The zero-order valence-corrected chi connectivity index (χ0v) is 20.8. The van der Waals surface area contributed by atoms with Gasteiger partial charge in [-0.25, -0.2) is 22.1 Å². The highest BCUT2D eigenvalue weighted by molar-refractivity contribution is 7.89. The molecule has 0 atom stereocenters. The molecule has 3 N–H and O–H groups in total. The van der Waals surface area contributed by atoms with Crippen molar-refractivity contribution < 1.29 is 22.7 Å². The molecule has 2 aromatic rings. The molecule has 4 rings (SSSR count). The highest BCUT2D eigenvalue weighted by Crippen LogP contribution is 2.34. The van der Waals surface area contributed by atoms with E-state index in [0.29, 0.717) is 37.6 Å². The topological polar surface area (TPSA) is 117 Å². The van der Waals surface area contributed by atoms with E-state index in [0.717, 1.165) is 37.1 Å². The second kappa shape index (κ2) is 11.6. The number of methoxy groups -OCH3 is 1. The van der Waals surface area contributed by atoms with Crippen LogP contribution in [0.1, 0.15) is 50.0 Å². The van der Waals surface area contributed by atoms with Crippen LogP contribution in [0.5, 0.6) is 0 Å². The van der Waals surface area contributed by atoms with Crippen molar-refractivity contribution in [2.45, 2.75) is 56.6 Å².